The van der Waals surface area contributed by atoms with E-state index in [1.807, 2.05) is 6.92 Å². The molecule has 1 N–H and O–H groups in total. The van der Waals surface area contributed by atoms with Gasteiger partial charge in [0.15, 0.2) is 17.3 Å². The molecule has 1 aromatic rings. The molecule has 0 saturated carbocycles. The number of hydrogen-bond acceptors (Lipinski definition) is 6. The van der Waals surface area contributed by atoms with Gasteiger partial charge in [0.2, 0.25) is 0 Å². The summed E-state index contributed by atoms with van der Waals surface area (Å²) in [5.41, 5.74) is 1.34. The van der Waals surface area contributed by atoms with Gasteiger partial charge in [-0.1, -0.05) is 6.92 Å². The van der Waals surface area contributed by atoms with E-state index in [0.29, 0.717) is 69.0 Å². The van der Waals surface area contributed by atoms with Crippen molar-refractivity contribution >= 4 is 17.3 Å². The molecule has 7 nitrogen and oxygen atoms in total. The van der Waals surface area contributed by atoms with Gasteiger partial charge in [0.05, 0.1) is 25.2 Å². The second-order valence-corrected chi connectivity index (χ2v) is 9.05. The smallest absolute Gasteiger partial charge is 0.339 e. The molecule has 0 radical (unpaired) electrons. The highest BCUT2D eigenvalue weighted by molar-refractivity contribution is 6.17. The van der Waals surface area contributed by atoms with E-state index in [2.05, 4.69) is 0 Å². The molecule has 1 saturated heterocycles. The first-order valence-corrected chi connectivity index (χ1v) is 11.3. The van der Waals surface area contributed by atoms with E-state index in [4.69, 9.17) is 18.9 Å². The predicted molar refractivity (Wildman–Crippen MR) is 118 cm³/mol. The lowest BCUT2D eigenvalue weighted by molar-refractivity contribution is -0.143. The van der Waals surface area contributed by atoms with Crippen molar-refractivity contribution in [3.63, 3.8) is 0 Å². The first kappa shape index (κ1) is 23.4. The third-order valence-electron chi connectivity index (χ3n) is 6.39. The first-order chi connectivity index (χ1) is 15.8. The Morgan fingerprint density at radius 1 is 1.24 bits per heavy atom. The number of benzene rings is 1. The van der Waals surface area contributed by atoms with Crippen LogP contribution in [0.5, 0.6) is 11.5 Å². The van der Waals surface area contributed by atoms with Crippen LogP contribution in [0, 0.1) is 11.2 Å². The number of ether oxygens (including phenoxy) is 4. The van der Waals surface area contributed by atoms with Crippen LogP contribution in [0.15, 0.2) is 29.4 Å². The van der Waals surface area contributed by atoms with Gasteiger partial charge in [-0.25, -0.2) is 9.18 Å². The Labute approximate surface area is 192 Å². The normalized spacial score (nSPS) is 23.5. The number of hydrogen-bond donors (Lipinski definition) is 1. The van der Waals surface area contributed by atoms with Crippen LogP contribution in [0.1, 0.15) is 44.6 Å². The van der Waals surface area contributed by atoms with E-state index in [1.165, 1.54) is 12.1 Å². The number of aliphatic carboxylic acids is 1. The molecule has 0 aromatic heterocycles. The minimum atomic E-state index is -1.26. The van der Waals surface area contributed by atoms with E-state index in [1.54, 1.807) is 13.2 Å². The number of rotatable bonds is 7. The number of ketones is 1. The number of carbonyl (C=O) groups excluding carboxylic acids is 1. The van der Waals surface area contributed by atoms with Crippen LogP contribution in [0.25, 0.3) is 5.57 Å². The molecule has 33 heavy (non-hydrogen) atoms. The maximum absolute atomic E-state index is 15.0. The molecule has 4 rings (SSSR count). The molecule has 8 heteroatoms. The second kappa shape index (κ2) is 9.65. The number of carbonyl (C=O) groups is 2. The van der Waals surface area contributed by atoms with Crippen molar-refractivity contribution in [1.82, 2.24) is 0 Å². The average Bonchev–Trinajstić information content (AvgIpc) is 2.84. The minimum absolute atomic E-state index is 0.0997. The zero-order valence-corrected chi connectivity index (χ0v) is 18.9. The lowest BCUT2D eigenvalue weighted by Gasteiger charge is -2.47. The Morgan fingerprint density at radius 3 is 2.67 bits per heavy atom. The quantitative estimate of drug-likeness (QED) is 0.487. The Morgan fingerprint density at radius 2 is 2.00 bits per heavy atom. The van der Waals surface area contributed by atoms with Crippen molar-refractivity contribution in [3.8, 4) is 11.5 Å². The summed E-state index contributed by atoms with van der Waals surface area (Å²) in [6, 6.07) is 2.96. The topological polar surface area (TPSA) is 91.3 Å². The highest BCUT2D eigenvalue weighted by Crippen LogP contribution is 2.48. The lowest BCUT2D eigenvalue weighted by atomic mass is 9.74. The summed E-state index contributed by atoms with van der Waals surface area (Å²) < 4.78 is 37.4. The fourth-order valence-electron chi connectivity index (χ4n) is 4.54. The number of allylic oxidation sites excluding steroid dienone is 1. The van der Waals surface area contributed by atoms with Crippen molar-refractivity contribution in [2.45, 2.75) is 45.1 Å². The van der Waals surface area contributed by atoms with Crippen LogP contribution in [-0.4, -0.2) is 56.5 Å². The van der Waals surface area contributed by atoms with Gasteiger partial charge >= 0.3 is 5.97 Å². The van der Waals surface area contributed by atoms with Gasteiger partial charge in [-0.15, -0.1) is 0 Å². The molecule has 1 fully saturated rings. The third-order valence-corrected chi connectivity index (χ3v) is 6.39. The maximum Gasteiger partial charge on any atom is 0.339 e. The Kier molecular flexibility index (Phi) is 6.86. The highest BCUT2D eigenvalue weighted by Gasteiger charge is 2.47. The molecule has 2 heterocycles. The van der Waals surface area contributed by atoms with Crippen molar-refractivity contribution in [1.29, 1.82) is 0 Å². The summed E-state index contributed by atoms with van der Waals surface area (Å²) >= 11 is 0. The number of methoxy groups -OCH3 is 1. The molecule has 0 amide bonds. The summed E-state index contributed by atoms with van der Waals surface area (Å²) in [7, 11) is 1.60. The summed E-state index contributed by atoms with van der Waals surface area (Å²) in [6.07, 6.45) is 3.53. The average molecular weight is 460 g/mol. The van der Waals surface area contributed by atoms with Gasteiger partial charge < -0.3 is 24.1 Å². The Hall–Kier alpha value is -2.71. The predicted octanol–water partition coefficient (Wildman–Crippen LogP) is 3.95. The monoisotopic (exact) mass is 460 g/mol. The SMILES string of the molecule is COCCCOc1cc2c(cc1F)C1=C(/C=C(/C(=O)O)C(=O)CCCC1)C(C1(C)COC1)O2. The first-order valence-electron chi connectivity index (χ1n) is 11.3. The van der Waals surface area contributed by atoms with Crippen molar-refractivity contribution in [2.24, 2.45) is 5.41 Å². The zero-order chi connectivity index (χ0) is 23.6. The van der Waals surface area contributed by atoms with Crippen LogP contribution >= 0.6 is 0 Å². The zero-order valence-electron chi connectivity index (χ0n) is 18.9. The van der Waals surface area contributed by atoms with E-state index in [-0.39, 0.29) is 17.7 Å². The number of Topliss-reactive ketones (excluding diaryl/α,β-unsaturated/α-hetero) is 1. The highest BCUT2D eigenvalue weighted by atomic mass is 19.1. The molecular weight excluding hydrogens is 431 g/mol. The van der Waals surface area contributed by atoms with Gasteiger partial charge in [0.1, 0.15) is 17.4 Å². The van der Waals surface area contributed by atoms with Crippen LogP contribution in [0.3, 0.4) is 0 Å². The van der Waals surface area contributed by atoms with Gasteiger partial charge in [-0.2, -0.15) is 0 Å². The van der Waals surface area contributed by atoms with Gasteiger partial charge in [0.25, 0.3) is 0 Å². The molecule has 1 atom stereocenters. The summed E-state index contributed by atoms with van der Waals surface area (Å²) in [5.74, 6) is -1.59. The van der Waals surface area contributed by atoms with Crippen LogP contribution in [0.2, 0.25) is 0 Å². The molecule has 1 aliphatic carbocycles. The summed E-state index contributed by atoms with van der Waals surface area (Å²) in [6.45, 7) is 3.70. The van der Waals surface area contributed by atoms with Gasteiger partial charge in [0, 0.05) is 38.2 Å². The molecule has 2 aliphatic heterocycles. The van der Waals surface area contributed by atoms with Crippen LogP contribution < -0.4 is 9.47 Å². The van der Waals surface area contributed by atoms with E-state index >= 15 is 0 Å². The Balaban J connectivity index is 1.82. The second-order valence-electron chi connectivity index (χ2n) is 9.05. The van der Waals surface area contributed by atoms with E-state index in [0.717, 1.165) is 5.57 Å². The minimum Gasteiger partial charge on any atom is -0.490 e. The molecule has 1 aromatic carbocycles. The number of carboxylic acid groups (broad SMARTS) is 1. The van der Waals surface area contributed by atoms with Crippen LogP contribution in [0.4, 0.5) is 4.39 Å². The van der Waals surface area contributed by atoms with Crippen molar-refractivity contribution < 1.29 is 38.0 Å². The summed E-state index contributed by atoms with van der Waals surface area (Å²) in [5, 5.41) is 9.70. The Bertz CT molecular complexity index is 1010. The van der Waals surface area contributed by atoms with Crippen molar-refractivity contribution in [2.75, 3.05) is 33.5 Å². The van der Waals surface area contributed by atoms with E-state index in [9.17, 15) is 19.1 Å². The maximum atomic E-state index is 15.0. The molecule has 1 unspecified atom stereocenters. The molecule has 3 aliphatic rings. The fourth-order valence-corrected chi connectivity index (χ4v) is 4.54. The lowest BCUT2D eigenvalue weighted by Crippen LogP contribution is -2.53. The summed E-state index contributed by atoms with van der Waals surface area (Å²) in [4.78, 5) is 24.4. The number of carboxylic acids is 1. The third kappa shape index (κ3) is 4.68. The molecule has 0 bridgehead atoms. The number of halogens is 1. The number of fused-ring (bicyclic) bond motifs is 2. The van der Waals surface area contributed by atoms with E-state index < -0.39 is 29.1 Å². The molecule has 0 spiro atoms. The van der Waals surface area contributed by atoms with Crippen molar-refractivity contribution in [3.05, 3.63) is 40.7 Å². The molecular formula is C25H29FO7. The molecule has 178 valence electrons. The fraction of sp³-hybridized carbons (Fsp3) is 0.520. The largest absolute Gasteiger partial charge is 0.490 e. The standard InChI is InChI=1S/C25H29FO7/c1-25(13-31-14-25)23-17-10-18(24(28)29)20(27)7-4-3-6-15(17)16-11-19(26)22(12-21(16)33-23)32-9-5-8-30-2/h10-12,23H,3-9,13-14H2,1-2H3,(H,28,29)/b18-10+. The van der Waals surface area contributed by atoms with Crippen LogP contribution in [-0.2, 0) is 19.1 Å². The van der Waals surface area contributed by atoms with Gasteiger partial charge in [-0.05, 0) is 42.6 Å². The van der Waals surface area contributed by atoms with Gasteiger partial charge in [-0.3, -0.25) is 4.79 Å².